The van der Waals surface area contributed by atoms with Crippen LogP contribution >= 0.6 is 0 Å². The van der Waals surface area contributed by atoms with Gasteiger partial charge in [0.2, 0.25) is 5.82 Å². The van der Waals surface area contributed by atoms with Crippen LogP contribution in [0.5, 0.6) is 0 Å². The van der Waals surface area contributed by atoms with Crippen LogP contribution in [0.4, 0.5) is 10.1 Å². The Balaban J connectivity index is 2.16. The van der Waals surface area contributed by atoms with Gasteiger partial charge in [0.1, 0.15) is 0 Å². The fraction of sp³-hybridized carbons (Fsp3) is 0.417. The number of nitrogens with zero attached hydrogens (tertiary/aromatic N) is 2. The van der Waals surface area contributed by atoms with Crippen molar-refractivity contribution in [2.24, 2.45) is 5.92 Å². The molecule has 6 nitrogen and oxygen atoms in total. The Labute approximate surface area is 108 Å². The molecule has 19 heavy (non-hydrogen) atoms. The van der Waals surface area contributed by atoms with Crippen molar-refractivity contribution in [3.8, 4) is 0 Å². The number of hydrogen-bond acceptors (Lipinski definition) is 4. The van der Waals surface area contributed by atoms with Gasteiger partial charge in [-0.1, -0.05) is 0 Å². The van der Waals surface area contributed by atoms with Crippen molar-refractivity contribution >= 4 is 11.6 Å². The van der Waals surface area contributed by atoms with Crippen molar-refractivity contribution in [1.82, 2.24) is 4.90 Å². The number of nitro groups is 1. The molecule has 1 amide bonds. The Hall–Kier alpha value is -2.02. The van der Waals surface area contributed by atoms with E-state index in [1.54, 1.807) is 0 Å². The molecule has 1 N–H and O–H groups in total. The van der Waals surface area contributed by atoms with Crippen LogP contribution in [0.1, 0.15) is 16.8 Å². The highest BCUT2D eigenvalue weighted by Crippen LogP contribution is 2.22. The molecule has 1 unspecified atom stereocenters. The molecule has 0 aromatic heterocycles. The average Bonchev–Trinajstić information content (AvgIpc) is 2.86. The molecule has 0 saturated carbocycles. The summed E-state index contributed by atoms with van der Waals surface area (Å²) in [5.41, 5.74) is -0.562. The molecule has 1 atom stereocenters. The van der Waals surface area contributed by atoms with E-state index >= 15 is 0 Å². The second-order valence-corrected chi connectivity index (χ2v) is 4.51. The molecule has 102 valence electrons. The highest BCUT2D eigenvalue weighted by Gasteiger charge is 2.27. The molecule has 1 aromatic carbocycles. The Morgan fingerprint density at radius 2 is 2.32 bits per heavy atom. The Bertz CT molecular complexity index is 520. The van der Waals surface area contributed by atoms with Gasteiger partial charge in [0.25, 0.3) is 5.91 Å². The van der Waals surface area contributed by atoms with Crippen molar-refractivity contribution in [1.29, 1.82) is 0 Å². The first kappa shape index (κ1) is 13.4. The maximum absolute atomic E-state index is 13.4. The standard InChI is InChI=1S/C12H13FN2O4/c13-10-5-9(1-2-11(10)15(18)19)12(17)14-4-3-8(6-14)7-16/h1-2,5,8,16H,3-4,6-7H2. The van der Waals surface area contributed by atoms with E-state index in [-0.39, 0.29) is 24.0 Å². The Kier molecular flexibility index (Phi) is 3.75. The minimum Gasteiger partial charge on any atom is -0.396 e. The lowest BCUT2D eigenvalue weighted by Crippen LogP contribution is -2.29. The van der Waals surface area contributed by atoms with E-state index in [1.165, 1.54) is 11.0 Å². The Morgan fingerprint density at radius 3 is 2.84 bits per heavy atom. The molecule has 1 aromatic rings. The highest BCUT2D eigenvalue weighted by molar-refractivity contribution is 5.94. The Morgan fingerprint density at radius 1 is 1.58 bits per heavy atom. The van der Waals surface area contributed by atoms with Gasteiger partial charge in [0.15, 0.2) is 0 Å². The number of nitro benzene ring substituents is 1. The summed E-state index contributed by atoms with van der Waals surface area (Å²) in [6, 6.07) is 3.12. The van der Waals surface area contributed by atoms with Gasteiger partial charge in [-0.3, -0.25) is 14.9 Å². The summed E-state index contributed by atoms with van der Waals surface area (Å²) in [5.74, 6) is -1.34. The first-order valence-corrected chi connectivity index (χ1v) is 5.87. The molecule has 1 heterocycles. The fourth-order valence-electron chi connectivity index (χ4n) is 2.14. The predicted molar refractivity (Wildman–Crippen MR) is 64.2 cm³/mol. The number of carbonyl (C=O) groups excluding carboxylic acids is 1. The maximum Gasteiger partial charge on any atom is 0.304 e. The van der Waals surface area contributed by atoms with Crippen molar-refractivity contribution in [3.05, 3.63) is 39.7 Å². The third-order valence-electron chi connectivity index (χ3n) is 3.22. The molecule has 1 saturated heterocycles. The molecular weight excluding hydrogens is 255 g/mol. The second kappa shape index (κ2) is 5.31. The largest absolute Gasteiger partial charge is 0.396 e. The van der Waals surface area contributed by atoms with Gasteiger partial charge in [-0.2, -0.15) is 4.39 Å². The fourth-order valence-corrected chi connectivity index (χ4v) is 2.14. The molecule has 0 spiro atoms. The van der Waals surface area contributed by atoms with Crippen molar-refractivity contribution in [3.63, 3.8) is 0 Å². The van der Waals surface area contributed by atoms with Gasteiger partial charge in [-0.15, -0.1) is 0 Å². The van der Waals surface area contributed by atoms with E-state index in [1.807, 2.05) is 0 Å². The van der Waals surface area contributed by atoms with Gasteiger partial charge < -0.3 is 10.0 Å². The topological polar surface area (TPSA) is 83.7 Å². The molecule has 7 heteroatoms. The van der Waals surface area contributed by atoms with Crippen molar-refractivity contribution in [2.75, 3.05) is 19.7 Å². The van der Waals surface area contributed by atoms with Crippen molar-refractivity contribution < 1.29 is 19.2 Å². The first-order chi connectivity index (χ1) is 9.02. The monoisotopic (exact) mass is 268 g/mol. The van der Waals surface area contributed by atoms with Crippen LogP contribution in [0.3, 0.4) is 0 Å². The molecular formula is C12H13FN2O4. The molecule has 1 aliphatic heterocycles. The number of benzene rings is 1. The zero-order valence-corrected chi connectivity index (χ0v) is 10.1. The number of halogens is 1. The quantitative estimate of drug-likeness (QED) is 0.659. The summed E-state index contributed by atoms with van der Waals surface area (Å²) in [7, 11) is 0. The normalized spacial score (nSPS) is 18.6. The predicted octanol–water partition coefficient (Wildman–Crippen LogP) is 1.19. The number of rotatable bonds is 3. The van der Waals surface area contributed by atoms with E-state index in [2.05, 4.69) is 0 Å². The first-order valence-electron chi connectivity index (χ1n) is 5.87. The van der Waals surface area contributed by atoms with Gasteiger partial charge in [-0.05, 0) is 18.6 Å². The molecule has 0 aliphatic carbocycles. The van der Waals surface area contributed by atoms with E-state index < -0.39 is 16.4 Å². The minimum absolute atomic E-state index is 0.0123. The maximum atomic E-state index is 13.4. The average molecular weight is 268 g/mol. The zero-order valence-electron chi connectivity index (χ0n) is 10.1. The second-order valence-electron chi connectivity index (χ2n) is 4.51. The number of aliphatic hydroxyl groups is 1. The van der Waals surface area contributed by atoms with E-state index in [0.717, 1.165) is 12.1 Å². The van der Waals surface area contributed by atoms with Crippen LogP contribution in [0.2, 0.25) is 0 Å². The number of amides is 1. The van der Waals surface area contributed by atoms with Gasteiger partial charge in [-0.25, -0.2) is 0 Å². The summed E-state index contributed by atoms with van der Waals surface area (Å²) in [6.45, 7) is 0.939. The van der Waals surface area contributed by atoms with Crippen LogP contribution in [0, 0.1) is 21.8 Å². The highest BCUT2D eigenvalue weighted by atomic mass is 19.1. The molecule has 0 radical (unpaired) electrons. The number of carbonyl (C=O) groups is 1. The third-order valence-corrected chi connectivity index (χ3v) is 3.22. The molecule has 1 fully saturated rings. The summed E-state index contributed by atoms with van der Waals surface area (Å²) in [4.78, 5) is 23.2. The van der Waals surface area contributed by atoms with Crippen LogP contribution < -0.4 is 0 Å². The van der Waals surface area contributed by atoms with Crippen LogP contribution in [-0.2, 0) is 0 Å². The lowest BCUT2D eigenvalue weighted by atomic mass is 10.1. The molecule has 1 aliphatic rings. The smallest absolute Gasteiger partial charge is 0.304 e. The van der Waals surface area contributed by atoms with E-state index in [0.29, 0.717) is 19.5 Å². The summed E-state index contributed by atoms with van der Waals surface area (Å²) < 4.78 is 13.4. The molecule has 0 bridgehead atoms. The van der Waals surface area contributed by atoms with Gasteiger partial charge >= 0.3 is 5.69 Å². The number of aliphatic hydroxyl groups excluding tert-OH is 1. The molecule has 2 rings (SSSR count). The van der Waals surface area contributed by atoms with Crippen LogP contribution in [0.25, 0.3) is 0 Å². The lowest BCUT2D eigenvalue weighted by molar-refractivity contribution is -0.387. The SMILES string of the molecule is O=C(c1ccc([N+](=O)[O-])c(F)c1)N1CCC(CO)C1. The van der Waals surface area contributed by atoms with Gasteiger partial charge in [0.05, 0.1) is 4.92 Å². The number of likely N-dealkylation sites (tertiary alicyclic amines) is 1. The number of hydrogen-bond donors (Lipinski definition) is 1. The van der Waals surface area contributed by atoms with Gasteiger partial charge in [0, 0.05) is 37.2 Å². The third kappa shape index (κ3) is 2.70. The summed E-state index contributed by atoms with van der Waals surface area (Å²) in [6.07, 6.45) is 0.706. The van der Waals surface area contributed by atoms with Crippen LogP contribution in [-0.4, -0.2) is 40.5 Å². The summed E-state index contributed by atoms with van der Waals surface area (Å²) in [5, 5.41) is 19.5. The minimum atomic E-state index is -1.02. The summed E-state index contributed by atoms with van der Waals surface area (Å²) >= 11 is 0. The van der Waals surface area contributed by atoms with Crippen LogP contribution in [0.15, 0.2) is 18.2 Å². The lowest BCUT2D eigenvalue weighted by Gasteiger charge is -2.16. The van der Waals surface area contributed by atoms with E-state index in [4.69, 9.17) is 5.11 Å². The van der Waals surface area contributed by atoms with E-state index in [9.17, 15) is 19.3 Å². The zero-order chi connectivity index (χ0) is 14.0. The van der Waals surface area contributed by atoms with Crippen molar-refractivity contribution in [2.45, 2.75) is 6.42 Å².